The minimum Gasteiger partial charge on any atom is -0.369 e. The van der Waals surface area contributed by atoms with E-state index in [2.05, 4.69) is 179 Å². The molecule has 0 bridgehead atoms. The molecular formula is C41H30N4. The molecule has 0 amide bonds. The van der Waals surface area contributed by atoms with E-state index < -0.39 is 0 Å². The van der Waals surface area contributed by atoms with E-state index in [1.165, 1.54) is 38.1 Å². The minimum atomic E-state index is 0.208. The highest BCUT2D eigenvalue weighted by atomic mass is 15.1. The third-order valence-electron chi connectivity index (χ3n) is 9.13. The highest BCUT2D eigenvalue weighted by molar-refractivity contribution is 6.12. The van der Waals surface area contributed by atoms with Crippen LogP contribution in [0.2, 0.25) is 0 Å². The molecule has 4 heteroatoms. The summed E-state index contributed by atoms with van der Waals surface area (Å²) in [4.78, 5) is 7.50. The largest absolute Gasteiger partial charge is 0.369 e. The SMILES string of the molecule is CN1C=C(c2cccc(-n3c4ccccc4c4cc(-n5c6ccccc6c6ccccc65)ccc43)n2)C=CC1c1ccccc1. The van der Waals surface area contributed by atoms with Gasteiger partial charge in [-0.25, -0.2) is 4.98 Å². The number of hydrogen-bond acceptors (Lipinski definition) is 2. The van der Waals surface area contributed by atoms with E-state index in [-0.39, 0.29) is 6.04 Å². The standard InChI is InChI=1S/C41H30N4/c1-43-27-29(22-24-36(43)28-12-3-2-4-13-28)35-17-11-21-41(42-35)45-39-20-10-7-16-33(39)34-26-30(23-25-40(34)45)44-37-18-8-5-14-31(37)32-15-6-9-19-38(32)44/h2-27,36H,1H3. The van der Waals surface area contributed by atoms with Crippen molar-refractivity contribution >= 4 is 49.2 Å². The first kappa shape index (κ1) is 25.6. The van der Waals surface area contributed by atoms with E-state index in [9.17, 15) is 0 Å². The number of benzene rings is 5. The lowest BCUT2D eigenvalue weighted by Crippen LogP contribution is -2.20. The maximum atomic E-state index is 5.24. The van der Waals surface area contributed by atoms with Crippen LogP contribution in [0.1, 0.15) is 17.3 Å². The molecule has 0 saturated heterocycles. The zero-order valence-electron chi connectivity index (χ0n) is 24.9. The Morgan fingerprint density at radius 3 is 1.82 bits per heavy atom. The average Bonchev–Trinajstić information content (AvgIpc) is 3.61. The summed E-state index contributed by atoms with van der Waals surface area (Å²) in [5.41, 5.74) is 9.19. The summed E-state index contributed by atoms with van der Waals surface area (Å²) in [6.45, 7) is 0. The molecule has 0 fully saturated rings. The average molecular weight is 579 g/mol. The predicted molar refractivity (Wildman–Crippen MR) is 187 cm³/mol. The predicted octanol–water partition coefficient (Wildman–Crippen LogP) is 9.86. The molecule has 1 aliphatic rings. The van der Waals surface area contributed by atoms with E-state index in [1.807, 2.05) is 0 Å². The van der Waals surface area contributed by atoms with Gasteiger partial charge < -0.3 is 9.47 Å². The highest BCUT2D eigenvalue weighted by Crippen LogP contribution is 2.37. The second kappa shape index (κ2) is 10.1. The molecule has 214 valence electrons. The van der Waals surface area contributed by atoms with Gasteiger partial charge in [0.2, 0.25) is 0 Å². The Kier molecular flexibility index (Phi) is 5.75. The van der Waals surface area contributed by atoms with Crippen molar-refractivity contribution in [3.63, 3.8) is 0 Å². The first-order valence-corrected chi connectivity index (χ1v) is 15.4. The van der Waals surface area contributed by atoms with Gasteiger partial charge in [-0.05, 0) is 54.1 Å². The number of pyridine rings is 1. The topological polar surface area (TPSA) is 26.0 Å². The zero-order chi connectivity index (χ0) is 29.9. The van der Waals surface area contributed by atoms with E-state index in [1.54, 1.807) is 0 Å². The Morgan fingerprint density at radius 1 is 0.533 bits per heavy atom. The molecule has 3 aromatic heterocycles. The normalized spacial score (nSPS) is 15.0. The molecular weight excluding hydrogens is 548 g/mol. The van der Waals surface area contributed by atoms with Crippen LogP contribution in [-0.2, 0) is 0 Å². The number of allylic oxidation sites excluding steroid dienone is 2. The van der Waals surface area contributed by atoms with E-state index in [0.717, 1.165) is 33.8 Å². The third kappa shape index (κ3) is 4.03. The monoisotopic (exact) mass is 578 g/mol. The van der Waals surface area contributed by atoms with Gasteiger partial charge in [0.25, 0.3) is 0 Å². The molecule has 8 aromatic rings. The van der Waals surface area contributed by atoms with Crippen molar-refractivity contribution in [3.8, 4) is 11.5 Å². The number of likely N-dealkylation sites (N-methyl/N-ethyl adjacent to an activating group) is 1. The van der Waals surface area contributed by atoms with Gasteiger partial charge in [-0.3, -0.25) is 4.57 Å². The molecule has 5 aromatic carbocycles. The van der Waals surface area contributed by atoms with Crippen molar-refractivity contribution < 1.29 is 0 Å². The van der Waals surface area contributed by atoms with E-state index in [0.29, 0.717) is 0 Å². The smallest absolute Gasteiger partial charge is 0.138 e. The van der Waals surface area contributed by atoms with Crippen LogP contribution in [-0.4, -0.2) is 26.1 Å². The number of para-hydroxylation sites is 3. The van der Waals surface area contributed by atoms with Gasteiger partial charge in [-0.1, -0.05) is 103 Å². The van der Waals surface area contributed by atoms with Crippen LogP contribution in [0.25, 0.3) is 60.7 Å². The lowest BCUT2D eigenvalue weighted by atomic mass is 10.0. The zero-order valence-corrected chi connectivity index (χ0v) is 24.9. The number of aromatic nitrogens is 3. The lowest BCUT2D eigenvalue weighted by Gasteiger charge is -2.28. The summed E-state index contributed by atoms with van der Waals surface area (Å²) in [6, 6.07) is 50.0. The van der Waals surface area contributed by atoms with Gasteiger partial charge in [0.1, 0.15) is 5.82 Å². The number of nitrogens with zero attached hydrogens (tertiary/aromatic N) is 4. The third-order valence-corrected chi connectivity index (χ3v) is 9.13. The molecule has 0 aliphatic carbocycles. The van der Waals surface area contributed by atoms with Gasteiger partial charge in [-0.15, -0.1) is 0 Å². The van der Waals surface area contributed by atoms with Crippen LogP contribution in [0.4, 0.5) is 0 Å². The van der Waals surface area contributed by atoms with Crippen LogP contribution >= 0.6 is 0 Å². The van der Waals surface area contributed by atoms with Crippen molar-refractivity contribution in [1.29, 1.82) is 0 Å². The summed E-state index contributed by atoms with van der Waals surface area (Å²) in [7, 11) is 2.13. The molecule has 1 aliphatic heterocycles. The van der Waals surface area contributed by atoms with Gasteiger partial charge >= 0.3 is 0 Å². The molecule has 1 atom stereocenters. The second-order valence-corrected chi connectivity index (χ2v) is 11.8. The maximum Gasteiger partial charge on any atom is 0.138 e. The van der Waals surface area contributed by atoms with Gasteiger partial charge in [0, 0.05) is 46.1 Å². The number of hydrogen-bond donors (Lipinski definition) is 0. The second-order valence-electron chi connectivity index (χ2n) is 11.8. The summed E-state index contributed by atoms with van der Waals surface area (Å²) in [5.74, 6) is 0.908. The maximum absolute atomic E-state index is 5.24. The fraction of sp³-hybridized carbons (Fsp3) is 0.0488. The van der Waals surface area contributed by atoms with Crippen LogP contribution in [0.5, 0.6) is 0 Å². The van der Waals surface area contributed by atoms with Gasteiger partial charge in [0.15, 0.2) is 0 Å². The van der Waals surface area contributed by atoms with Crippen molar-refractivity contribution in [2.24, 2.45) is 0 Å². The first-order valence-electron chi connectivity index (χ1n) is 15.4. The summed E-state index contributed by atoms with van der Waals surface area (Å²) in [5, 5.41) is 4.95. The fourth-order valence-corrected chi connectivity index (χ4v) is 7.08. The van der Waals surface area contributed by atoms with Crippen molar-refractivity contribution in [3.05, 3.63) is 169 Å². The minimum absolute atomic E-state index is 0.208. The number of rotatable bonds is 4. The summed E-state index contributed by atoms with van der Waals surface area (Å²) >= 11 is 0. The Labute approximate surface area is 261 Å². The molecule has 45 heavy (non-hydrogen) atoms. The molecule has 0 spiro atoms. The van der Waals surface area contributed by atoms with Crippen LogP contribution < -0.4 is 0 Å². The summed E-state index contributed by atoms with van der Waals surface area (Å²) in [6.07, 6.45) is 6.66. The molecule has 4 nitrogen and oxygen atoms in total. The van der Waals surface area contributed by atoms with Crippen LogP contribution in [0.3, 0.4) is 0 Å². The Bertz CT molecular complexity index is 2410. The quantitative estimate of drug-likeness (QED) is 0.208. The molecule has 0 N–H and O–H groups in total. The molecule has 0 saturated carbocycles. The molecule has 0 radical (unpaired) electrons. The first-order chi connectivity index (χ1) is 22.2. The van der Waals surface area contributed by atoms with Crippen molar-refractivity contribution in [2.45, 2.75) is 6.04 Å². The molecule has 9 rings (SSSR count). The molecule has 1 unspecified atom stereocenters. The van der Waals surface area contributed by atoms with Crippen LogP contribution in [0.15, 0.2) is 158 Å². The van der Waals surface area contributed by atoms with Crippen molar-refractivity contribution in [2.75, 3.05) is 7.05 Å². The van der Waals surface area contributed by atoms with Gasteiger partial charge in [0.05, 0.1) is 33.8 Å². The molecule has 4 heterocycles. The summed E-state index contributed by atoms with van der Waals surface area (Å²) < 4.78 is 4.68. The van der Waals surface area contributed by atoms with E-state index >= 15 is 0 Å². The lowest BCUT2D eigenvalue weighted by molar-refractivity contribution is 0.392. The van der Waals surface area contributed by atoms with Crippen molar-refractivity contribution in [1.82, 2.24) is 19.0 Å². The Morgan fingerprint density at radius 2 is 1.13 bits per heavy atom. The number of fused-ring (bicyclic) bond motifs is 6. The van der Waals surface area contributed by atoms with Crippen LogP contribution in [0, 0.1) is 0 Å². The Balaban J connectivity index is 1.18. The van der Waals surface area contributed by atoms with E-state index in [4.69, 9.17) is 4.98 Å². The fourth-order valence-electron chi connectivity index (χ4n) is 7.08. The highest BCUT2D eigenvalue weighted by Gasteiger charge is 2.19. The van der Waals surface area contributed by atoms with Gasteiger partial charge in [-0.2, -0.15) is 0 Å². The Hall–Kier alpha value is -5.87.